The van der Waals surface area contributed by atoms with Gasteiger partial charge >= 0.3 is 0 Å². The van der Waals surface area contributed by atoms with Crippen molar-refractivity contribution in [2.75, 3.05) is 0 Å². The monoisotopic (exact) mass is 240 g/mol. The molecule has 0 spiro atoms. The van der Waals surface area contributed by atoms with E-state index in [4.69, 9.17) is 10.2 Å². The molecule has 6 nitrogen and oxygen atoms in total. The van der Waals surface area contributed by atoms with Crippen LogP contribution in [0.2, 0.25) is 0 Å². The number of aromatic nitrogens is 1. The Morgan fingerprint density at radius 2 is 1.87 bits per heavy atom. The van der Waals surface area contributed by atoms with Gasteiger partial charge in [-0.25, -0.2) is 27.3 Å². The van der Waals surface area contributed by atoms with E-state index in [2.05, 4.69) is 10.1 Å². The second-order valence-corrected chi connectivity index (χ2v) is 4.04. The molecule has 0 aliphatic heterocycles. The van der Waals surface area contributed by atoms with Crippen molar-refractivity contribution in [3.63, 3.8) is 0 Å². The number of nitrogens with zero attached hydrogens (tertiary/aromatic N) is 1. The summed E-state index contributed by atoms with van der Waals surface area (Å²) < 4.78 is 45.9. The number of nitrogens with two attached hydrogens (primary N) is 1. The minimum absolute atomic E-state index is 0.439. The first-order chi connectivity index (χ1) is 6.73. The van der Waals surface area contributed by atoms with Crippen molar-refractivity contribution in [1.82, 2.24) is 4.98 Å². The molecular weight excluding hydrogens is 234 g/mol. The fraction of sp³-hybridized carbons (Fsp3) is 0.167. The second kappa shape index (κ2) is 3.59. The first kappa shape index (κ1) is 11.6. The van der Waals surface area contributed by atoms with Crippen molar-refractivity contribution in [1.29, 1.82) is 0 Å². The van der Waals surface area contributed by atoms with Gasteiger partial charge in [-0.15, -0.1) is 0 Å². The summed E-state index contributed by atoms with van der Waals surface area (Å²) in [5.74, 6) is -1.99. The van der Waals surface area contributed by atoms with E-state index in [-0.39, 0.29) is 0 Å². The van der Waals surface area contributed by atoms with Crippen LogP contribution in [0.3, 0.4) is 0 Å². The van der Waals surface area contributed by atoms with E-state index >= 15 is 0 Å². The van der Waals surface area contributed by atoms with Crippen LogP contribution in [-0.2, 0) is 10.0 Å². The number of pyridine rings is 1. The number of rotatable bonds is 2. The van der Waals surface area contributed by atoms with Gasteiger partial charge in [-0.1, -0.05) is 0 Å². The quantitative estimate of drug-likeness (QED) is 0.677. The molecule has 0 bridgehead atoms. The van der Waals surface area contributed by atoms with E-state index in [0.29, 0.717) is 6.07 Å². The molecule has 4 N–H and O–H groups in total. The summed E-state index contributed by atoms with van der Waals surface area (Å²) in [6.07, 6.45) is -3.17. The molecule has 0 saturated heterocycles. The molecule has 1 heterocycles. The maximum atomic E-state index is 12.2. The lowest BCUT2D eigenvalue weighted by Crippen LogP contribution is -2.15. The molecule has 0 aliphatic carbocycles. The van der Waals surface area contributed by atoms with Crippen LogP contribution in [0.25, 0.3) is 0 Å². The summed E-state index contributed by atoms with van der Waals surface area (Å²) in [6, 6.07) is 0.439. The van der Waals surface area contributed by atoms with Crippen LogP contribution in [-0.4, -0.2) is 23.6 Å². The summed E-state index contributed by atoms with van der Waals surface area (Å²) in [4.78, 5) is 2.88. The number of primary sulfonamides is 1. The molecule has 0 aliphatic rings. The third-order valence-corrected chi connectivity index (χ3v) is 2.29. The van der Waals surface area contributed by atoms with Crippen molar-refractivity contribution in [2.45, 2.75) is 11.5 Å². The zero-order valence-corrected chi connectivity index (χ0v) is 7.87. The fourth-order valence-electron chi connectivity index (χ4n) is 0.859. The number of halogens is 2. The van der Waals surface area contributed by atoms with E-state index in [0.717, 1.165) is 0 Å². The molecule has 0 amide bonds. The highest BCUT2D eigenvalue weighted by Crippen LogP contribution is 2.32. The van der Waals surface area contributed by atoms with Crippen molar-refractivity contribution in [3.05, 3.63) is 11.8 Å². The molecule has 0 aromatic carbocycles. The van der Waals surface area contributed by atoms with Gasteiger partial charge in [0.25, 0.3) is 16.4 Å². The van der Waals surface area contributed by atoms with Crippen LogP contribution in [0.15, 0.2) is 11.1 Å². The van der Waals surface area contributed by atoms with Crippen LogP contribution < -0.4 is 5.14 Å². The van der Waals surface area contributed by atoms with Gasteiger partial charge in [-0.2, -0.15) is 0 Å². The Kier molecular flexibility index (Phi) is 2.77. The Bertz CT molecular complexity index is 488. The summed E-state index contributed by atoms with van der Waals surface area (Å²) in [5.41, 5.74) is -1.16. The van der Waals surface area contributed by atoms with Crippen LogP contribution >= 0.6 is 0 Å². The Morgan fingerprint density at radius 3 is 2.27 bits per heavy atom. The molecule has 0 atom stereocenters. The first-order valence-corrected chi connectivity index (χ1v) is 5.02. The number of aromatic hydroxyl groups is 2. The molecule has 1 aromatic rings. The SMILES string of the molecule is NS(=O)(=O)c1nc(C(F)F)c(O)cc1O. The van der Waals surface area contributed by atoms with Crippen molar-refractivity contribution in [3.8, 4) is 11.5 Å². The molecule has 0 unspecified atom stereocenters. The molecule has 1 rings (SSSR count). The Morgan fingerprint density at radius 1 is 1.33 bits per heavy atom. The lowest BCUT2D eigenvalue weighted by molar-refractivity contribution is 0.140. The Labute approximate surface area is 83.0 Å². The maximum Gasteiger partial charge on any atom is 0.284 e. The normalized spacial score (nSPS) is 12.0. The van der Waals surface area contributed by atoms with Gasteiger partial charge in [0.05, 0.1) is 0 Å². The second-order valence-electron chi connectivity index (χ2n) is 2.56. The standard InChI is InChI=1S/C6H6F2N2O4S/c7-5(8)4-2(11)1-3(12)6(10-4)15(9,13)14/h1,5,11-12H,(H2,9,13,14). The number of hydrogen-bond acceptors (Lipinski definition) is 5. The van der Waals surface area contributed by atoms with Gasteiger partial charge in [0.2, 0.25) is 5.03 Å². The van der Waals surface area contributed by atoms with Gasteiger partial charge in [0.15, 0.2) is 5.75 Å². The van der Waals surface area contributed by atoms with E-state index in [9.17, 15) is 17.2 Å². The highest BCUT2D eigenvalue weighted by molar-refractivity contribution is 7.89. The molecule has 1 aromatic heterocycles. The van der Waals surface area contributed by atoms with E-state index in [1.54, 1.807) is 0 Å². The molecule has 0 radical (unpaired) electrons. The average molecular weight is 240 g/mol. The fourth-order valence-corrected chi connectivity index (χ4v) is 1.44. The van der Waals surface area contributed by atoms with Gasteiger partial charge in [0, 0.05) is 6.07 Å². The number of hydrogen-bond donors (Lipinski definition) is 3. The number of sulfonamides is 1. The smallest absolute Gasteiger partial charge is 0.284 e. The molecule has 0 fully saturated rings. The zero-order chi connectivity index (χ0) is 11.8. The molecule has 15 heavy (non-hydrogen) atoms. The van der Waals surface area contributed by atoms with Crippen LogP contribution in [0.5, 0.6) is 11.5 Å². The zero-order valence-electron chi connectivity index (χ0n) is 7.05. The predicted octanol–water partition coefficient (Wildman–Crippen LogP) is 0.0778. The average Bonchev–Trinajstić information content (AvgIpc) is 2.00. The third kappa shape index (κ3) is 2.30. The Hall–Kier alpha value is -1.48. The van der Waals surface area contributed by atoms with E-state index < -0.39 is 38.7 Å². The maximum absolute atomic E-state index is 12.2. The summed E-state index contributed by atoms with van der Waals surface area (Å²) in [6.45, 7) is 0. The minimum Gasteiger partial charge on any atom is -0.506 e. The highest BCUT2D eigenvalue weighted by atomic mass is 32.2. The molecule has 84 valence electrons. The third-order valence-electron chi connectivity index (χ3n) is 1.45. The van der Waals surface area contributed by atoms with Crippen LogP contribution in [0.4, 0.5) is 8.78 Å². The molecular formula is C6H6F2N2O4S. The van der Waals surface area contributed by atoms with Gasteiger partial charge in [0.1, 0.15) is 11.4 Å². The summed E-state index contributed by atoms with van der Waals surface area (Å²) in [5, 5.41) is 21.4. The lowest BCUT2D eigenvalue weighted by Gasteiger charge is -2.06. The topological polar surface area (TPSA) is 114 Å². The van der Waals surface area contributed by atoms with Crippen molar-refractivity contribution < 1.29 is 27.4 Å². The highest BCUT2D eigenvalue weighted by Gasteiger charge is 2.23. The van der Waals surface area contributed by atoms with Gasteiger partial charge in [-0.3, -0.25) is 0 Å². The minimum atomic E-state index is -4.41. The first-order valence-electron chi connectivity index (χ1n) is 3.47. The van der Waals surface area contributed by atoms with Crippen molar-refractivity contribution >= 4 is 10.0 Å². The lowest BCUT2D eigenvalue weighted by atomic mass is 10.3. The molecule has 9 heteroatoms. The van der Waals surface area contributed by atoms with Crippen LogP contribution in [0.1, 0.15) is 12.1 Å². The van der Waals surface area contributed by atoms with Crippen molar-refractivity contribution in [2.24, 2.45) is 5.14 Å². The van der Waals surface area contributed by atoms with E-state index in [1.807, 2.05) is 0 Å². The van der Waals surface area contributed by atoms with Crippen LogP contribution in [0, 0.1) is 0 Å². The summed E-state index contributed by atoms with van der Waals surface area (Å²) >= 11 is 0. The molecule has 0 saturated carbocycles. The van der Waals surface area contributed by atoms with Gasteiger partial charge < -0.3 is 10.2 Å². The Balaban J connectivity index is 3.50. The van der Waals surface area contributed by atoms with Gasteiger partial charge in [-0.05, 0) is 0 Å². The van der Waals surface area contributed by atoms with E-state index in [1.165, 1.54) is 0 Å². The predicted molar refractivity (Wildman–Crippen MR) is 43.9 cm³/mol. The summed E-state index contributed by atoms with van der Waals surface area (Å²) in [7, 11) is -4.41. The number of alkyl halides is 2. The largest absolute Gasteiger partial charge is 0.506 e.